The van der Waals surface area contributed by atoms with E-state index in [9.17, 15) is 9.90 Å². The Morgan fingerprint density at radius 2 is 2.32 bits per heavy atom. The number of aromatic hydroxyl groups is 1. The van der Waals surface area contributed by atoms with E-state index in [1.807, 2.05) is 12.1 Å². The Kier molecular flexibility index (Phi) is 4.76. The minimum Gasteiger partial charge on any atom is -0.508 e. The van der Waals surface area contributed by atoms with Crippen molar-refractivity contribution in [2.24, 2.45) is 5.92 Å². The van der Waals surface area contributed by atoms with Crippen molar-refractivity contribution in [2.75, 3.05) is 26.2 Å². The van der Waals surface area contributed by atoms with Gasteiger partial charge in [0.2, 0.25) is 5.91 Å². The number of amides is 1. The Morgan fingerprint density at radius 1 is 1.47 bits per heavy atom. The Balaban J connectivity index is 1.77. The molecule has 0 saturated carbocycles. The molecule has 1 atom stereocenters. The Bertz CT molecular complexity index is 436. The second-order valence-corrected chi connectivity index (χ2v) is 5.02. The van der Waals surface area contributed by atoms with E-state index < -0.39 is 6.61 Å². The topological polar surface area (TPSA) is 72.8 Å². The molecule has 1 aliphatic rings. The van der Waals surface area contributed by atoms with Gasteiger partial charge < -0.3 is 15.5 Å². The summed E-state index contributed by atoms with van der Waals surface area (Å²) in [6.45, 7) is 2.92. The van der Waals surface area contributed by atoms with Gasteiger partial charge in [0, 0.05) is 19.6 Å². The second kappa shape index (κ2) is 6.54. The van der Waals surface area contributed by atoms with Gasteiger partial charge in [-0.2, -0.15) is 0 Å². The largest absolute Gasteiger partial charge is 0.508 e. The number of hydrogen-bond acceptors (Lipinski definition) is 4. The van der Waals surface area contributed by atoms with Gasteiger partial charge in [0.1, 0.15) is 12.4 Å². The van der Waals surface area contributed by atoms with E-state index in [1.165, 1.54) is 0 Å². The molecule has 1 aromatic rings. The highest BCUT2D eigenvalue weighted by Crippen LogP contribution is 2.19. The van der Waals surface area contributed by atoms with Gasteiger partial charge in [0.05, 0.1) is 0 Å². The van der Waals surface area contributed by atoms with E-state index in [0.29, 0.717) is 18.2 Å². The third-order valence-corrected chi connectivity index (χ3v) is 3.42. The summed E-state index contributed by atoms with van der Waals surface area (Å²) >= 11 is 0. The van der Waals surface area contributed by atoms with Gasteiger partial charge in [-0.15, -0.1) is 0 Å². The van der Waals surface area contributed by atoms with Gasteiger partial charge in [0.15, 0.2) is 0 Å². The van der Waals surface area contributed by atoms with Crippen molar-refractivity contribution in [2.45, 2.75) is 13.0 Å². The summed E-state index contributed by atoms with van der Waals surface area (Å²) < 4.78 is 0. The van der Waals surface area contributed by atoms with Crippen LogP contribution in [0, 0.1) is 5.92 Å². The highest BCUT2D eigenvalue weighted by Gasteiger charge is 2.22. The average Bonchev–Trinajstić information content (AvgIpc) is 2.83. The summed E-state index contributed by atoms with van der Waals surface area (Å²) in [4.78, 5) is 13.3. The number of nitrogens with one attached hydrogen (secondary N) is 1. The zero-order valence-electron chi connectivity index (χ0n) is 10.9. The summed E-state index contributed by atoms with van der Waals surface area (Å²) in [7, 11) is 0. The molecule has 0 aliphatic carbocycles. The number of phenols is 1. The van der Waals surface area contributed by atoms with Crippen LogP contribution in [-0.4, -0.2) is 47.3 Å². The van der Waals surface area contributed by atoms with Crippen molar-refractivity contribution in [1.29, 1.82) is 0 Å². The van der Waals surface area contributed by atoms with Crippen LogP contribution in [0.15, 0.2) is 24.3 Å². The molecular formula is C14H20N2O3. The van der Waals surface area contributed by atoms with Gasteiger partial charge in [-0.25, -0.2) is 0 Å². The van der Waals surface area contributed by atoms with Crippen molar-refractivity contribution in [3.8, 4) is 5.75 Å². The lowest BCUT2D eigenvalue weighted by Crippen LogP contribution is -2.32. The number of aliphatic hydroxyl groups is 1. The molecule has 5 heteroatoms. The third-order valence-electron chi connectivity index (χ3n) is 3.42. The molecule has 1 unspecified atom stereocenters. The number of hydrogen-bond donors (Lipinski definition) is 3. The van der Waals surface area contributed by atoms with Crippen molar-refractivity contribution < 1.29 is 15.0 Å². The number of aliphatic hydroxyl groups excluding tert-OH is 1. The summed E-state index contributed by atoms with van der Waals surface area (Å²) in [6, 6.07) is 7.29. The first kappa shape index (κ1) is 13.8. The van der Waals surface area contributed by atoms with Gasteiger partial charge in [-0.05, 0) is 36.6 Å². The van der Waals surface area contributed by atoms with E-state index in [2.05, 4.69) is 10.2 Å². The fourth-order valence-corrected chi connectivity index (χ4v) is 2.45. The van der Waals surface area contributed by atoms with Gasteiger partial charge in [-0.3, -0.25) is 9.69 Å². The predicted octanol–water partition coefficient (Wildman–Crippen LogP) is 0.323. The molecule has 3 N–H and O–H groups in total. The lowest BCUT2D eigenvalue weighted by atomic mass is 10.1. The van der Waals surface area contributed by atoms with Crippen molar-refractivity contribution in [3.63, 3.8) is 0 Å². The standard InChI is InChI=1S/C14H20N2O3/c17-10-14(19)15-7-12-4-5-16(9-12)8-11-2-1-3-13(18)6-11/h1-3,6,12,17-18H,4-5,7-10H2,(H,15,19). The Hall–Kier alpha value is -1.59. The zero-order valence-corrected chi connectivity index (χ0v) is 10.9. The average molecular weight is 264 g/mol. The quantitative estimate of drug-likeness (QED) is 0.716. The van der Waals surface area contributed by atoms with Gasteiger partial charge in [0.25, 0.3) is 0 Å². The zero-order chi connectivity index (χ0) is 13.7. The monoisotopic (exact) mass is 264 g/mol. The number of phenolic OH excluding ortho intramolecular Hbond substituents is 1. The SMILES string of the molecule is O=C(CO)NCC1CCN(Cc2cccc(O)c2)C1. The molecule has 19 heavy (non-hydrogen) atoms. The number of likely N-dealkylation sites (tertiary alicyclic amines) is 1. The molecule has 1 saturated heterocycles. The first-order valence-electron chi connectivity index (χ1n) is 6.55. The van der Waals surface area contributed by atoms with Crippen LogP contribution in [0.2, 0.25) is 0 Å². The molecule has 0 radical (unpaired) electrons. The fraction of sp³-hybridized carbons (Fsp3) is 0.500. The number of nitrogens with zero attached hydrogens (tertiary/aromatic N) is 1. The lowest BCUT2D eigenvalue weighted by Gasteiger charge is -2.16. The second-order valence-electron chi connectivity index (χ2n) is 5.02. The number of benzene rings is 1. The molecule has 1 aliphatic heterocycles. The lowest BCUT2D eigenvalue weighted by molar-refractivity contribution is -0.123. The van der Waals surface area contributed by atoms with Crippen LogP contribution < -0.4 is 5.32 Å². The molecule has 104 valence electrons. The van der Waals surface area contributed by atoms with E-state index in [0.717, 1.165) is 31.6 Å². The van der Waals surface area contributed by atoms with E-state index in [4.69, 9.17) is 5.11 Å². The third kappa shape index (κ3) is 4.22. The van der Waals surface area contributed by atoms with Crippen molar-refractivity contribution in [1.82, 2.24) is 10.2 Å². The summed E-state index contributed by atoms with van der Waals surface area (Å²) in [5.41, 5.74) is 1.10. The predicted molar refractivity (Wildman–Crippen MR) is 71.6 cm³/mol. The van der Waals surface area contributed by atoms with Crippen LogP contribution in [0.25, 0.3) is 0 Å². The number of carbonyl (C=O) groups is 1. The highest BCUT2D eigenvalue weighted by atomic mass is 16.3. The van der Waals surface area contributed by atoms with Gasteiger partial charge >= 0.3 is 0 Å². The molecule has 2 rings (SSSR count). The summed E-state index contributed by atoms with van der Waals surface area (Å²) in [5.74, 6) is 0.419. The van der Waals surface area contributed by atoms with Gasteiger partial charge in [-0.1, -0.05) is 12.1 Å². The van der Waals surface area contributed by atoms with E-state index >= 15 is 0 Å². The first-order chi connectivity index (χ1) is 9.17. The molecule has 0 spiro atoms. The maximum atomic E-state index is 11.0. The van der Waals surface area contributed by atoms with Crippen molar-refractivity contribution >= 4 is 5.91 Å². The number of carbonyl (C=O) groups excluding carboxylic acids is 1. The molecule has 1 fully saturated rings. The summed E-state index contributed by atoms with van der Waals surface area (Å²) in [6.07, 6.45) is 1.05. The molecule has 1 amide bonds. The molecule has 1 aromatic carbocycles. The van der Waals surface area contributed by atoms with Crippen LogP contribution in [0.4, 0.5) is 0 Å². The van der Waals surface area contributed by atoms with Crippen molar-refractivity contribution in [3.05, 3.63) is 29.8 Å². The maximum Gasteiger partial charge on any atom is 0.245 e. The highest BCUT2D eigenvalue weighted by molar-refractivity contribution is 5.76. The summed E-state index contributed by atoms with van der Waals surface area (Å²) in [5, 5.41) is 20.8. The van der Waals surface area contributed by atoms with Crippen LogP contribution in [0.5, 0.6) is 5.75 Å². The van der Waals surface area contributed by atoms with E-state index in [-0.39, 0.29) is 5.91 Å². The minimum atomic E-state index is -0.445. The van der Waals surface area contributed by atoms with Crippen LogP contribution >= 0.6 is 0 Å². The molecule has 5 nitrogen and oxygen atoms in total. The normalized spacial score (nSPS) is 19.5. The first-order valence-corrected chi connectivity index (χ1v) is 6.55. The maximum absolute atomic E-state index is 11.0. The van der Waals surface area contributed by atoms with Crippen LogP contribution in [0.3, 0.4) is 0 Å². The molecule has 1 heterocycles. The minimum absolute atomic E-state index is 0.295. The van der Waals surface area contributed by atoms with E-state index in [1.54, 1.807) is 12.1 Å². The Morgan fingerprint density at radius 3 is 3.05 bits per heavy atom. The van der Waals surface area contributed by atoms with Crippen LogP contribution in [-0.2, 0) is 11.3 Å². The molecule has 0 bridgehead atoms. The molecule has 0 aromatic heterocycles. The smallest absolute Gasteiger partial charge is 0.245 e. The molecular weight excluding hydrogens is 244 g/mol. The Labute approximate surface area is 112 Å². The fourth-order valence-electron chi connectivity index (χ4n) is 2.45. The number of rotatable bonds is 5. The van der Waals surface area contributed by atoms with Crippen LogP contribution in [0.1, 0.15) is 12.0 Å².